The molecule has 0 N–H and O–H groups in total. The van der Waals surface area contributed by atoms with Crippen LogP contribution in [0.2, 0.25) is 0 Å². The van der Waals surface area contributed by atoms with Crippen molar-refractivity contribution in [2.45, 2.75) is 17.2 Å². The molecule has 0 atom stereocenters. The van der Waals surface area contributed by atoms with Crippen molar-refractivity contribution in [3.8, 4) is 0 Å². The molecular formula is C19H17FN2OS2. The molecule has 3 aromatic rings. The number of amides is 1. The topological polar surface area (TPSA) is 33.2 Å². The predicted octanol–water partition coefficient (Wildman–Crippen LogP) is 4.85. The normalized spacial score (nSPS) is 10.6. The van der Waals surface area contributed by atoms with Crippen LogP contribution in [-0.2, 0) is 12.3 Å². The molecule has 2 aromatic carbocycles. The third-order valence-corrected chi connectivity index (χ3v) is 5.40. The number of aromatic nitrogens is 1. The molecule has 0 saturated carbocycles. The Balaban J connectivity index is 1.71. The Bertz CT molecular complexity index is 835. The summed E-state index contributed by atoms with van der Waals surface area (Å²) in [7, 11) is 1.76. The van der Waals surface area contributed by atoms with Crippen LogP contribution >= 0.6 is 23.1 Å². The molecule has 0 aliphatic rings. The second-order valence-electron chi connectivity index (χ2n) is 5.55. The maximum Gasteiger partial charge on any atom is 0.255 e. The Morgan fingerprint density at radius 2 is 1.96 bits per heavy atom. The lowest BCUT2D eigenvalue weighted by atomic mass is 10.1. The maximum absolute atomic E-state index is 13.0. The second-order valence-corrected chi connectivity index (χ2v) is 7.29. The fourth-order valence-corrected chi connectivity index (χ4v) is 3.98. The van der Waals surface area contributed by atoms with E-state index in [4.69, 9.17) is 0 Å². The smallest absolute Gasteiger partial charge is 0.255 e. The van der Waals surface area contributed by atoms with E-state index in [1.807, 2.05) is 35.2 Å². The number of thioether (sulfide) groups is 1. The van der Waals surface area contributed by atoms with Gasteiger partial charge in [-0.2, -0.15) is 0 Å². The summed E-state index contributed by atoms with van der Waals surface area (Å²) in [5, 5.41) is 2.01. The van der Waals surface area contributed by atoms with Gasteiger partial charge in [-0.05, 0) is 29.8 Å². The van der Waals surface area contributed by atoms with Crippen molar-refractivity contribution in [3.05, 3.63) is 82.1 Å². The van der Waals surface area contributed by atoms with Gasteiger partial charge < -0.3 is 4.90 Å². The lowest BCUT2D eigenvalue weighted by Gasteiger charge is -2.19. The molecule has 0 saturated heterocycles. The Labute approximate surface area is 154 Å². The molecule has 0 radical (unpaired) electrons. The molecule has 0 fully saturated rings. The van der Waals surface area contributed by atoms with Crippen LogP contribution in [0.1, 0.15) is 21.6 Å². The van der Waals surface area contributed by atoms with Gasteiger partial charge in [0.1, 0.15) is 5.82 Å². The van der Waals surface area contributed by atoms with Crippen molar-refractivity contribution in [2.75, 3.05) is 7.05 Å². The predicted molar refractivity (Wildman–Crippen MR) is 100 cm³/mol. The highest BCUT2D eigenvalue weighted by Crippen LogP contribution is 2.27. The quantitative estimate of drug-likeness (QED) is 0.580. The number of halogens is 1. The third-order valence-electron chi connectivity index (χ3n) is 3.66. The Morgan fingerprint density at radius 1 is 1.20 bits per heavy atom. The van der Waals surface area contributed by atoms with E-state index in [2.05, 4.69) is 4.98 Å². The van der Waals surface area contributed by atoms with Crippen LogP contribution in [0.3, 0.4) is 0 Å². The molecule has 128 valence electrons. The number of benzene rings is 2. The van der Waals surface area contributed by atoms with Crippen LogP contribution in [0, 0.1) is 5.82 Å². The first-order valence-corrected chi connectivity index (χ1v) is 9.65. The van der Waals surface area contributed by atoms with Gasteiger partial charge >= 0.3 is 0 Å². The molecule has 0 unspecified atom stereocenters. The molecular weight excluding hydrogens is 355 g/mol. The highest BCUT2D eigenvalue weighted by molar-refractivity contribution is 7.98. The molecule has 0 aliphatic carbocycles. The standard InChI is InChI=1S/C19H17FN2OS2/c1-22(10-14-6-8-15(20)9-7-14)19(23)17-4-2-3-5-18(17)25-12-16-11-24-13-21-16/h2-9,11,13H,10,12H2,1H3. The lowest BCUT2D eigenvalue weighted by molar-refractivity contribution is 0.0781. The number of carbonyl (C=O) groups is 1. The van der Waals surface area contributed by atoms with Gasteiger partial charge in [-0.25, -0.2) is 9.37 Å². The van der Waals surface area contributed by atoms with Crippen molar-refractivity contribution in [1.82, 2.24) is 9.88 Å². The zero-order chi connectivity index (χ0) is 17.6. The average molecular weight is 372 g/mol. The summed E-state index contributed by atoms with van der Waals surface area (Å²) >= 11 is 3.17. The minimum absolute atomic E-state index is 0.0503. The van der Waals surface area contributed by atoms with Gasteiger partial charge in [0.2, 0.25) is 0 Å². The summed E-state index contributed by atoms with van der Waals surface area (Å²) < 4.78 is 13.0. The average Bonchev–Trinajstić information content (AvgIpc) is 3.15. The van der Waals surface area contributed by atoms with E-state index in [1.165, 1.54) is 12.1 Å². The summed E-state index contributed by atoms with van der Waals surface area (Å²) in [6.45, 7) is 0.435. The van der Waals surface area contributed by atoms with E-state index in [0.717, 1.165) is 21.9 Å². The van der Waals surface area contributed by atoms with Crippen LogP contribution in [0.5, 0.6) is 0 Å². The molecule has 0 spiro atoms. The molecule has 6 heteroatoms. The van der Waals surface area contributed by atoms with Crippen molar-refractivity contribution in [3.63, 3.8) is 0 Å². The summed E-state index contributed by atoms with van der Waals surface area (Å²) in [6, 6.07) is 13.8. The Kier molecular flexibility index (Phi) is 5.83. The van der Waals surface area contributed by atoms with Gasteiger partial charge in [-0.3, -0.25) is 4.79 Å². The highest BCUT2D eigenvalue weighted by Gasteiger charge is 2.16. The molecule has 3 rings (SSSR count). The minimum atomic E-state index is -0.276. The Morgan fingerprint density at radius 3 is 2.68 bits per heavy atom. The number of hydrogen-bond donors (Lipinski definition) is 0. The Hall–Kier alpha value is -2.18. The van der Waals surface area contributed by atoms with E-state index in [0.29, 0.717) is 12.1 Å². The van der Waals surface area contributed by atoms with Gasteiger partial charge in [0.25, 0.3) is 5.91 Å². The van der Waals surface area contributed by atoms with Gasteiger partial charge in [-0.15, -0.1) is 23.1 Å². The molecule has 25 heavy (non-hydrogen) atoms. The van der Waals surface area contributed by atoms with Gasteiger partial charge in [0, 0.05) is 29.6 Å². The SMILES string of the molecule is CN(Cc1ccc(F)cc1)C(=O)c1ccccc1SCc1cscn1. The minimum Gasteiger partial charge on any atom is -0.337 e. The molecule has 1 heterocycles. The fourth-order valence-electron chi connectivity index (χ4n) is 2.37. The van der Waals surface area contributed by atoms with Crippen molar-refractivity contribution >= 4 is 29.0 Å². The molecule has 1 aromatic heterocycles. The van der Waals surface area contributed by atoms with Crippen LogP contribution in [0.15, 0.2) is 64.3 Å². The van der Waals surface area contributed by atoms with Crippen LogP contribution in [-0.4, -0.2) is 22.8 Å². The molecule has 0 aliphatic heterocycles. The summed E-state index contributed by atoms with van der Waals surface area (Å²) in [5.41, 5.74) is 4.39. The number of thiazole rings is 1. The number of hydrogen-bond acceptors (Lipinski definition) is 4. The van der Waals surface area contributed by atoms with Gasteiger partial charge in [-0.1, -0.05) is 24.3 Å². The number of nitrogens with zero attached hydrogens (tertiary/aromatic N) is 2. The van der Waals surface area contributed by atoms with E-state index in [-0.39, 0.29) is 11.7 Å². The van der Waals surface area contributed by atoms with E-state index < -0.39 is 0 Å². The summed E-state index contributed by atoms with van der Waals surface area (Å²) in [4.78, 5) is 19.7. The monoisotopic (exact) mass is 372 g/mol. The van der Waals surface area contributed by atoms with Crippen molar-refractivity contribution < 1.29 is 9.18 Å². The number of carbonyl (C=O) groups excluding carboxylic acids is 1. The molecule has 3 nitrogen and oxygen atoms in total. The zero-order valence-electron chi connectivity index (χ0n) is 13.7. The molecule has 1 amide bonds. The van der Waals surface area contributed by atoms with Gasteiger partial charge in [0.05, 0.1) is 16.8 Å². The van der Waals surface area contributed by atoms with Gasteiger partial charge in [0.15, 0.2) is 0 Å². The first kappa shape index (κ1) is 17.6. The third kappa shape index (κ3) is 4.67. The molecule has 0 bridgehead atoms. The summed E-state index contributed by atoms with van der Waals surface area (Å²) in [5.74, 6) is 0.405. The number of rotatable bonds is 6. The van der Waals surface area contributed by atoms with E-state index >= 15 is 0 Å². The largest absolute Gasteiger partial charge is 0.337 e. The lowest BCUT2D eigenvalue weighted by Crippen LogP contribution is -2.26. The fraction of sp³-hybridized carbons (Fsp3) is 0.158. The van der Waals surface area contributed by atoms with Crippen LogP contribution < -0.4 is 0 Å². The van der Waals surface area contributed by atoms with Crippen LogP contribution in [0.4, 0.5) is 4.39 Å². The van der Waals surface area contributed by atoms with E-state index in [1.54, 1.807) is 47.2 Å². The van der Waals surface area contributed by atoms with Crippen molar-refractivity contribution in [1.29, 1.82) is 0 Å². The first-order valence-electron chi connectivity index (χ1n) is 7.72. The van der Waals surface area contributed by atoms with E-state index in [9.17, 15) is 9.18 Å². The van der Waals surface area contributed by atoms with Crippen LogP contribution in [0.25, 0.3) is 0 Å². The maximum atomic E-state index is 13.0. The first-order chi connectivity index (χ1) is 12.1. The van der Waals surface area contributed by atoms with Crippen molar-refractivity contribution in [2.24, 2.45) is 0 Å². The second kappa shape index (κ2) is 8.27. The highest BCUT2D eigenvalue weighted by atomic mass is 32.2. The zero-order valence-corrected chi connectivity index (χ0v) is 15.3. The summed E-state index contributed by atoms with van der Waals surface area (Å²) in [6.07, 6.45) is 0.